The summed E-state index contributed by atoms with van der Waals surface area (Å²) in [6, 6.07) is 7.02. The van der Waals surface area contributed by atoms with Crippen molar-refractivity contribution in [2.24, 2.45) is 0 Å². The third kappa shape index (κ3) is 5.56. The Labute approximate surface area is 122 Å². The molecule has 0 fully saturated rings. The molecular weight excluding hydrogens is 284 g/mol. The fourth-order valence-electron chi connectivity index (χ4n) is 1.43. The molecule has 0 radical (unpaired) electrons. The van der Waals surface area contributed by atoms with Crippen LogP contribution in [0.1, 0.15) is 5.56 Å². The lowest BCUT2D eigenvalue weighted by Crippen LogP contribution is -2.43. The Balaban J connectivity index is 2.37. The van der Waals surface area contributed by atoms with Gasteiger partial charge in [-0.3, -0.25) is 9.59 Å². The van der Waals surface area contributed by atoms with Gasteiger partial charge in [0.2, 0.25) is 0 Å². The minimum Gasteiger partial charge on any atom is -0.354 e. The molecule has 110 valence electrons. The lowest BCUT2D eigenvalue weighted by Gasteiger charge is -2.13. The maximum Gasteiger partial charge on any atom is 0.309 e. The van der Waals surface area contributed by atoms with E-state index < -0.39 is 18.1 Å². The van der Waals surface area contributed by atoms with Crippen molar-refractivity contribution in [1.82, 2.24) is 10.6 Å². The molecule has 0 atom stereocenters. The topological polar surface area (TPSA) is 76.7 Å². The van der Waals surface area contributed by atoms with Gasteiger partial charge in [-0.1, -0.05) is 23.7 Å². The molecule has 0 aliphatic heterocycles. The summed E-state index contributed by atoms with van der Waals surface area (Å²) in [6.45, 7) is 0.321. The van der Waals surface area contributed by atoms with Crippen LogP contribution in [0.2, 0.25) is 5.02 Å². The molecule has 0 unspecified atom stereocenters. The van der Waals surface area contributed by atoms with Crippen molar-refractivity contribution in [2.45, 2.75) is 12.8 Å². The Bertz CT molecular complexity index is 463. The maximum atomic E-state index is 11.6. The Morgan fingerprint density at radius 2 is 1.85 bits per heavy atom. The van der Waals surface area contributed by atoms with Gasteiger partial charge in [-0.05, 0) is 17.7 Å². The largest absolute Gasteiger partial charge is 0.354 e. The normalized spacial score (nSPS) is 10.4. The third-order valence-electron chi connectivity index (χ3n) is 2.50. The Kier molecular flexibility index (Phi) is 7.00. The predicted octanol–water partition coefficient (Wildman–Crippen LogP) is 0.691. The van der Waals surface area contributed by atoms with Crippen LogP contribution in [0.15, 0.2) is 24.3 Å². The fraction of sp³-hybridized carbons (Fsp3) is 0.385. The van der Waals surface area contributed by atoms with Crippen LogP contribution in [0.5, 0.6) is 0 Å². The number of halogens is 1. The molecule has 0 saturated carbocycles. The minimum absolute atomic E-state index is 0.0937. The van der Waals surface area contributed by atoms with E-state index in [0.29, 0.717) is 5.02 Å². The highest BCUT2D eigenvalue weighted by molar-refractivity contribution is 6.35. The molecule has 0 aliphatic rings. The molecule has 1 aromatic rings. The average Bonchev–Trinajstić information content (AvgIpc) is 2.45. The van der Waals surface area contributed by atoms with E-state index in [0.717, 1.165) is 5.56 Å². The van der Waals surface area contributed by atoms with E-state index in [-0.39, 0.29) is 13.1 Å². The number of nitrogens with one attached hydrogen (secondary N) is 2. The summed E-state index contributed by atoms with van der Waals surface area (Å²) < 4.78 is 9.78. The van der Waals surface area contributed by atoms with Crippen LogP contribution < -0.4 is 10.6 Å². The van der Waals surface area contributed by atoms with Gasteiger partial charge in [-0.15, -0.1) is 0 Å². The standard InChI is InChI=1S/C13H17ClN2O4/c1-19-11(20-2)8-16-13(18)12(17)15-7-9-4-3-5-10(14)6-9/h3-6,11H,7-8H2,1-2H3,(H,15,17)(H,16,18). The van der Waals surface area contributed by atoms with E-state index in [4.69, 9.17) is 21.1 Å². The minimum atomic E-state index is -0.744. The van der Waals surface area contributed by atoms with Crippen molar-refractivity contribution in [3.8, 4) is 0 Å². The van der Waals surface area contributed by atoms with Gasteiger partial charge < -0.3 is 20.1 Å². The van der Waals surface area contributed by atoms with E-state index in [1.54, 1.807) is 24.3 Å². The van der Waals surface area contributed by atoms with Crippen molar-refractivity contribution < 1.29 is 19.1 Å². The first-order chi connectivity index (χ1) is 9.56. The smallest absolute Gasteiger partial charge is 0.309 e. The van der Waals surface area contributed by atoms with E-state index in [2.05, 4.69) is 10.6 Å². The third-order valence-corrected chi connectivity index (χ3v) is 2.74. The summed E-state index contributed by atoms with van der Waals surface area (Å²) in [5.41, 5.74) is 0.810. The number of hydrogen-bond acceptors (Lipinski definition) is 4. The zero-order chi connectivity index (χ0) is 15.0. The first kappa shape index (κ1) is 16.4. The second-order valence-electron chi connectivity index (χ2n) is 3.92. The van der Waals surface area contributed by atoms with Crippen LogP contribution in [0.3, 0.4) is 0 Å². The van der Waals surface area contributed by atoms with Crippen LogP contribution in [0, 0.1) is 0 Å². The van der Waals surface area contributed by atoms with Crippen LogP contribution in [-0.4, -0.2) is 38.9 Å². The molecule has 0 aromatic heterocycles. The Morgan fingerprint density at radius 3 is 2.45 bits per heavy atom. The zero-order valence-corrected chi connectivity index (χ0v) is 12.1. The summed E-state index contributed by atoms with van der Waals surface area (Å²) in [4.78, 5) is 23.1. The van der Waals surface area contributed by atoms with Crippen LogP contribution in [-0.2, 0) is 25.6 Å². The SMILES string of the molecule is COC(CNC(=O)C(=O)NCc1cccc(Cl)c1)OC. The number of benzene rings is 1. The lowest BCUT2D eigenvalue weighted by molar-refractivity contribution is -0.141. The molecule has 20 heavy (non-hydrogen) atoms. The highest BCUT2D eigenvalue weighted by Gasteiger charge is 2.15. The highest BCUT2D eigenvalue weighted by atomic mass is 35.5. The summed E-state index contributed by atoms with van der Waals surface area (Å²) in [5.74, 6) is -1.47. The second kappa shape index (κ2) is 8.52. The van der Waals surface area contributed by atoms with Crippen molar-refractivity contribution in [1.29, 1.82) is 0 Å². The summed E-state index contributed by atoms with van der Waals surface area (Å²) in [7, 11) is 2.89. The zero-order valence-electron chi connectivity index (χ0n) is 11.3. The van der Waals surface area contributed by atoms with Crippen molar-refractivity contribution in [2.75, 3.05) is 20.8 Å². The van der Waals surface area contributed by atoms with Gasteiger partial charge in [0.05, 0.1) is 6.54 Å². The number of rotatable bonds is 6. The molecule has 0 spiro atoms. The molecule has 1 aromatic carbocycles. The molecule has 6 nitrogen and oxygen atoms in total. The first-order valence-corrected chi connectivity index (χ1v) is 6.30. The number of ether oxygens (including phenoxy) is 2. The van der Waals surface area contributed by atoms with Crippen LogP contribution in [0.4, 0.5) is 0 Å². The van der Waals surface area contributed by atoms with Gasteiger partial charge in [-0.2, -0.15) is 0 Å². The lowest BCUT2D eigenvalue weighted by atomic mass is 10.2. The number of amides is 2. The molecule has 2 N–H and O–H groups in total. The van der Waals surface area contributed by atoms with Crippen molar-refractivity contribution >= 4 is 23.4 Å². The summed E-state index contributed by atoms with van der Waals surface area (Å²) in [5, 5.41) is 5.47. The second-order valence-corrected chi connectivity index (χ2v) is 4.36. The number of carbonyl (C=O) groups is 2. The van der Waals surface area contributed by atoms with Crippen LogP contribution >= 0.6 is 11.6 Å². The quantitative estimate of drug-likeness (QED) is 0.599. The molecule has 7 heteroatoms. The van der Waals surface area contributed by atoms with Gasteiger partial charge >= 0.3 is 11.8 Å². The number of carbonyl (C=O) groups excluding carboxylic acids is 2. The summed E-state index contributed by atoms with van der Waals surface area (Å²) >= 11 is 5.82. The average molecular weight is 301 g/mol. The van der Waals surface area contributed by atoms with Gasteiger partial charge in [0, 0.05) is 25.8 Å². The Morgan fingerprint density at radius 1 is 1.20 bits per heavy atom. The molecular formula is C13H17ClN2O4. The monoisotopic (exact) mass is 300 g/mol. The van der Waals surface area contributed by atoms with Gasteiger partial charge in [0.25, 0.3) is 0 Å². The molecule has 0 bridgehead atoms. The summed E-state index contributed by atoms with van der Waals surface area (Å²) in [6.07, 6.45) is -0.584. The predicted molar refractivity (Wildman–Crippen MR) is 74.1 cm³/mol. The van der Waals surface area contributed by atoms with Crippen molar-refractivity contribution in [3.63, 3.8) is 0 Å². The Hall–Kier alpha value is -1.63. The molecule has 0 heterocycles. The van der Waals surface area contributed by atoms with E-state index in [1.807, 2.05) is 0 Å². The van der Waals surface area contributed by atoms with Gasteiger partial charge in [0.1, 0.15) is 0 Å². The molecule has 1 rings (SSSR count). The van der Waals surface area contributed by atoms with E-state index in [9.17, 15) is 9.59 Å². The molecule has 2 amide bonds. The number of methoxy groups -OCH3 is 2. The van der Waals surface area contributed by atoms with Crippen molar-refractivity contribution in [3.05, 3.63) is 34.9 Å². The maximum absolute atomic E-state index is 11.6. The molecule has 0 saturated heterocycles. The van der Waals surface area contributed by atoms with Crippen LogP contribution in [0.25, 0.3) is 0 Å². The van der Waals surface area contributed by atoms with Gasteiger partial charge in [0.15, 0.2) is 6.29 Å². The van der Waals surface area contributed by atoms with E-state index >= 15 is 0 Å². The first-order valence-electron chi connectivity index (χ1n) is 5.93. The van der Waals surface area contributed by atoms with Gasteiger partial charge in [-0.25, -0.2) is 0 Å². The number of hydrogen-bond donors (Lipinski definition) is 2. The highest BCUT2D eigenvalue weighted by Crippen LogP contribution is 2.10. The molecule has 0 aliphatic carbocycles. The van der Waals surface area contributed by atoms with E-state index in [1.165, 1.54) is 14.2 Å². The fourth-order valence-corrected chi connectivity index (χ4v) is 1.64.